The summed E-state index contributed by atoms with van der Waals surface area (Å²) in [4.78, 5) is 22.9. The molecule has 3 unspecified atom stereocenters. The van der Waals surface area contributed by atoms with Crippen LogP contribution >= 0.6 is 7.82 Å². The van der Waals surface area contributed by atoms with Crippen molar-refractivity contribution in [2.45, 2.75) is 142 Å². The minimum atomic E-state index is -4.35. The van der Waals surface area contributed by atoms with E-state index in [9.17, 15) is 19.4 Å². The van der Waals surface area contributed by atoms with Crippen LogP contribution in [-0.4, -0.2) is 73.4 Å². The first-order valence-corrected chi connectivity index (χ1v) is 20.2. The third kappa shape index (κ3) is 32.7. The molecule has 0 radical (unpaired) electrons. The van der Waals surface area contributed by atoms with E-state index in [4.69, 9.17) is 9.05 Å². The standard InChI is InChI=1S/C39H71N2O6P/c1-6-8-10-12-14-16-18-20-22-24-26-28-30-32-38(42)37(36-47-48(44,45)46-35-34-41(3,4)5)40-39(43)33-31-29-27-25-23-21-19-17-15-13-11-9-7-2/h14,16,21-24,27,29-30,32,37-38,42H,6-13,15,17-20,25-26,28,31,33-36H2,1-5H3,(H-,40,43,44,45)/p+1/b16-14+,23-21-,24-22+,29-27-,32-30+. The van der Waals surface area contributed by atoms with Gasteiger partial charge in [-0.2, -0.15) is 0 Å². The van der Waals surface area contributed by atoms with Crippen LogP contribution in [-0.2, 0) is 18.4 Å². The van der Waals surface area contributed by atoms with Gasteiger partial charge in [-0.15, -0.1) is 0 Å². The van der Waals surface area contributed by atoms with Gasteiger partial charge in [0, 0.05) is 6.42 Å². The number of nitrogens with zero attached hydrogens (tertiary/aromatic N) is 1. The van der Waals surface area contributed by atoms with E-state index >= 15 is 0 Å². The Hall–Kier alpha value is -1.80. The Morgan fingerprint density at radius 1 is 0.708 bits per heavy atom. The third-order valence-corrected chi connectivity index (χ3v) is 8.69. The first-order valence-electron chi connectivity index (χ1n) is 18.7. The average Bonchev–Trinajstić information content (AvgIpc) is 3.02. The van der Waals surface area contributed by atoms with Gasteiger partial charge in [0.25, 0.3) is 0 Å². The van der Waals surface area contributed by atoms with Gasteiger partial charge in [0.1, 0.15) is 13.2 Å². The van der Waals surface area contributed by atoms with E-state index in [1.54, 1.807) is 6.08 Å². The molecule has 0 aliphatic rings. The third-order valence-electron chi connectivity index (χ3n) is 7.70. The summed E-state index contributed by atoms with van der Waals surface area (Å²) in [5, 5.41) is 13.6. The van der Waals surface area contributed by atoms with Crippen molar-refractivity contribution in [3.8, 4) is 0 Å². The Morgan fingerprint density at radius 3 is 1.83 bits per heavy atom. The highest BCUT2D eigenvalue weighted by Crippen LogP contribution is 2.43. The van der Waals surface area contributed by atoms with E-state index in [-0.39, 0.29) is 25.5 Å². The van der Waals surface area contributed by atoms with Gasteiger partial charge in [0.15, 0.2) is 0 Å². The summed E-state index contributed by atoms with van der Waals surface area (Å²) in [5.74, 6) is -0.264. The van der Waals surface area contributed by atoms with Crippen LogP contribution in [0.1, 0.15) is 129 Å². The number of carbonyl (C=O) groups is 1. The fraction of sp³-hybridized carbons (Fsp3) is 0.718. The quantitative estimate of drug-likeness (QED) is 0.0280. The lowest BCUT2D eigenvalue weighted by molar-refractivity contribution is -0.870. The van der Waals surface area contributed by atoms with E-state index in [1.165, 1.54) is 57.8 Å². The number of aliphatic hydroxyl groups is 1. The van der Waals surface area contributed by atoms with Gasteiger partial charge in [-0.1, -0.05) is 120 Å². The highest BCUT2D eigenvalue weighted by molar-refractivity contribution is 7.47. The molecular weight excluding hydrogens is 623 g/mol. The first kappa shape index (κ1) is 46.2. The molecule has 3 atom stereocenters. The molecule has 0 spiro atoms. The zero-order chi connectivity index (χ0) is 35.8. The lowest BCUT2D eigenvalue weighted by atomic mass is 10.1. The molecule has 0 aliphatic carbocycles. The number of phosphoric acid groups is 1. The van der Waals surface area contributed by atoms with E-state index in [2.05, 4.69) is 61.7 Å². The highest BCUT2D eigenvalue weighted by Gasteiger charge is 2.27. The minimum Gasteiger partial charge on any atom is -0.387 e. The SMILES string of the molecule is CCCCC/C=C/CC/C=C/CC/C=C/C(O)C(COP(=O)(O)OCC[N+](C)(C)C)NC(=O)CC/C=C\C/C=C\CCCCCCCC. The van der Waals surface area contributed by atoms with E-state index in [1.807, 2.05) is 33.3 Å². The van der Waals surface area contributed by atoms with Crippen molar-refractivity contribution in [3.05, 3.63) is 60.8 Å². The fourth-order valence-corrected chi connectivity index (χ4v) is 5.38. The maximum Gasteiger partial charge on any atom is 0.472 e. The summed E-state index contributed by atoms with van der Waals surface area (Å²) < 4.78 is 23.4. The number of amides is 1. The summed E-state index contributed by atoms with van der Waals surface area (Å²) in [6.45, 7) is 4.65. The Labute approximate surface area is 294 Å². The summed E-state index contributed by atoms with van der Waals surface area (Å²) in [6, 6.07) is -0.898. The van der Waals surface area contributed by atoms with E-state index in [0.717, 1.165) is 44.9 Å². The van der Waals surface area contributed by atoms with Crippen molar-refractivity contribution in [2.24, 2.45) is 0 Å². The van der Waals surface area contributed by atoms with Gasteiger partial charge in [-0.3, -0.25) is 13.8 Å². The topological polar surface area (TPSA) is 105 Å². The molecule has 0 heterocycles. The highest BCUT2D eigenvalue weighted by atomic mass is 31.2. The maximum atomic E-state index is 12.7. The summed E-state index contributed by atoms with van der Waals surface area (Å²) >= 11 is 0. The molecule has 48 heavy (non-hydrogen) atoms. The maximum absolute atomic E-state index is 12.7. The number of quaternary nitrogens is 1. The number of rotatable bonds is 32. The first-order chi connectivity index (χ1) is 23.0. The zero-order valence-corrected chi connectivity index (χ0v) is 32.1. The summed E-state index contributed by atoms with van der Waals surface area (Å²) in [6.07, 6.45) is 38.7. The van der Waals surface area contributed by atoms with Crippen molar-refractivity contribution in [1.82, 2.24) is 5.32 Å². The molecule has 8 nitrogen and oxygen atoms in total. The zero-order valence-electron chi connectivity index (χ0n) is 31.2. The van der Waals surface area contributed by atoms with Gasteiger partial charge in [0.2, 0.25) is 5.91 Å². The van der Waals surface area contributed by atoms with Gasteiger partial charge >= 0.3 is 7.82 Å². The second-order valence-electron chi connectivity index (χ2n) is 13.6. The van der Waals surface area contributed by atoms with Crippen LogP contribution in [0.25, 0.3) is 0 Å². The number of hydrogen-bond donors (Lipinski definition) is 3. The molecule has 3 N–H and O–H groups in total. The van der Waals surface area contributed by atoms with Gasteiger partial charge in [0.05, 0.1) is 39.9 Å². The van der Waals surface area contributed by atoms with Crippen LogP contribution in [0.2, 0.25) is 0 Å². The lowest BCUT2D eigenvalue weighted by Crippen LogP contribution is -2.45. The van der Waals surface area contributed by atoms with Crippen molar-refractivity contribution in [1.29, 1.82) is 0 Å². The molecule has 0 aliphatic heterocycles. The van der Waals surface area contributed by atoms with Crippen molar-refractivity contribution in [3.63, 3.8) is 0 Å². The van der Waals surface area contributed by atoms with Crippen LogP contribution in [0.3, 0.4) is 0 Å². The number of aliphatic hydroxyl groups excluding tert-OH is 1. The van der Waals surface area contributed by atoms with E-state index in [0.29, 0.717) is 17.4 Å². The Balaban J connectivity index is 4.75. The van der Waals surface area contributed by atoms with Crippen LogP contribution in [0, 0.1) is 0 Å². The largest absolute Gasteiger partial charge is 0.472 e. The fourth-order valence-electron chi connectivity index (χ4n) is 4.65. The Morgan fingerprint density at radius 2 is 1.21 bits per heavy atom. The number of carbonyl (C=O) groups excluding carboxylic acids is 1. The molecule has 0 saturated heterocycles. The molecule has 9 heteroatoms. The second-order valence-corrected chi connectivity index (χ2v) is 15.0. The second kappa shape index (κ2) is 31.2. The van der Waals surface area contributed by atoms with Crippen LogP contribution in [0.15, 0.2) is 60.8 Å². The summed E-state index contributed by atoms with van der Waals surface area (Å²) in [7, 11) is 1.50. The molecule has 278 valence electrons. The summed E-state index contributed by atoms with van der Waals surface area (Å²) in [5.41, 5.74) is 0. The molecule has 0 aromatic heterocycles. The smallest absolute Gasteiger partial charge is 0.387 e. The van der Waals surface area contributed by atoms with Crippen molar-refractivity contribution in [2.75, 3.05) is 40.9 Å². The molecule has 0 bridgehead atoms. The average molecular weight is 696 g/mol. The number of hydrogen-bond acceptors (Lipinski definition) is 5. The Bertz CT molecular complexity index is 970. The molecular formula is C39H72N2O6P+. The molecule has 1 amide bonds. The van der Waals surface area contributed by atoms with Gasteiger partial charge in [-0.05, 0) is 64.2 Å². The lowest BCUT2D eigenvalue weighted by Gasteiger charge is -2.25. The Kier molecular flexibility index (Phi) is 30.0. The van der Waals surface area contributed by atoms with Gasteiger partial charge < -0.3 is 19.8 Å². The number of likely N-dealkylation sites (N-methyl/N-ethyl adjacent to an activating group) is 1. The van der Waals surface area contributed by atoms with E-state index < -0.39 is 20.0 Å². The molecule has 0 rings (SSSR count). The van der Waals surface area contributed by atoms with Crippen LogP contribution in [0.4, 0.5) is 0 Å². The molecule has 0 fully saturated rings. The number of phosphoric ester groups is 1. The van der Waals surface area contributed by atoms with Crippen LogP contribution in [0.5, 0.6) is 0 Å². The predicted octanol–water partition coefficient (Wildman–Crippen LogP) is 9.51. The predicted molar refractivity (Wildman–Crippen MR) is 203 cm³/mol. The van der Waals surface area contributed by atoms with Crippen molar-refractivity contribution >= 4 is 13.7 Å². The molecule has 0 saturated carbocycles. The molecule has 0 aromatic carbocycles. The minimum absolute atomic E-state index is 0.0418. The molecule has 0 aromatic rings. The van der Waals surface area contributed by atoms with Gasteiger partial charge in [-0.25, -0.2) is 4.57 Å². The van der Waals surface area contributed by atoms with Crippen molar-refractivity contribution < 1.29 is 32.9 Å². The monoisotopic (exact) mass is 696 g/mol. The number of unbranched alkanes of at least 4 members (excludes halogenated alkanes) is 11. The van der Waals surface area contributed by atoms with Crippen LogP contribution < -0.4 is 5.32 Å². The number of nitrogens with one attached hydrogen (secondary N) is 1. The number of allylic oxidation sites excluding steroid dienone is 9. The normalized spacial score (nSPS) is 15.4.